The van der Waals surface area contributed by atoms with Crippen molar-refractivity contribution in [1.82, 2.24) is 35.9 Å². The Bertz CT molecular complexity index is 1360. The third-order valence-electron chi connectivity index (χ3n) is 6.57. The maximum absolute atomic E-state index is 12.3. The average molecular weight is 860 g/mol. The molecule has 57 heavy (non-hydrogen) atoms. The van der Waals surface area contributed by atoms with Crippen LogP contribution in [-0.2, 0) is 68.3 Å². The van der Waals surface area contributed by atoms with E-state index in [-0.39, 0.29) is 50.7 Å². The molecule has 2 rings (SSSR count). The minimum atomic E-state index is -1.41. The van der Waals surface area contributed by atoms with Gasteiger partial charge >= 0.3 is 18.5 Å². The largest absolute Gasteiger partial charge is 2.00 e. The number of nitrogens with zero attached hydrogens (tertiary/aromatic N) is 4. The van der Waals surface area contributed by atoms with Gasteiger partial charge in [0.15, 0.2) is 0 Å². The molecule has 0 aromatic carbocycles. The molecule has 25 heteroatoms. The number of carboxylic acids is 4. The van der Waals surface area contributed by atoms with E-state index in [1.165, 1.54) is 18.9 Å². The number of carbonyl (C=O) groups is 8. The van der Waals surface area contributed by atoms with Gasteiger partial charge in [-0.1, -0.05) is 18.2 Å². The van der Waals surface area contributed by atoms with E-state index in [0.29, 0.717) is 50.2 Å². The van der Waals surface area contributed by atoms with E-state index in [2.05, 4.69) is 41.2 Å². The number of carbonyl (C=O) groups excluding carboxylic acids is 6. The molecule has 2 aromatic rings. The Balaban J connectivity index is -0.000000411. The molecule has 2 heterocycles. The third kappa shape index (κ3) is 30.4. The van der Waals surface area contributed by atoms with E-state index in [0.717, 1.165) is 13.8 Å². The molecule has 325 valence electrons. The molecule has 0 saturated carbocycles. The van der Waals surface area contributed by atoms with Crippen molar-refractivity contribution in [3.05, 3.63) is 47.5 Å². The standard InChI is InChI=1S/C14H24N6O4.C14H23N6O4.2C2H4O2.Cu/c2*15-4-2-1-3-10(14(23)24)20-13(22)11(19-12(21)6-16)5-9-7-17-8-18-9;2*1-2(3)4;/h7-8,10-11H,1-6,15-16H2,(H4,17,18,19,20,21,22,23,24);7-8,10-11,16H,1-6,15H2,(H4,17,18,19,20,21,22,23,24);2*1H3,(H,3,4);/q;-1;;;+2/p-3. The first kappa shape index (κ1) is 55.9. The zero-order valence-corrected chi connectivity index (χ0v) is 32.3. The van der Waals surface area contributed by atoms with Crippen LogP contribution in [0.1, 0.15) is 65.2 Å². The van der Waals surface area contributed by atoms with Crippen molar-refractivity contribution in [2.45, 2.75) is 89.4 Å². The van der Waals surface area contributed by atoms with Gasteiger partial charge in [0, 0.05) is 26.0 Å². The molecule has 0 aliphatic rings. The van der Waals surface area contributed by atoms with Crippen molar-refractivity contribution in [2.24, 2.45) is 17.2 Å². The maximum atomic E-state index is 12.3. The summed E-state index contributed by atoms with van der Waals surface area (Å²) in [7, 11) is 0. The number of carboxylic acid groups (broad SMARTS) is 4. The van der Waals surface area contributed by atoms with Gasteiger partial charge in [-0.25, -0.2) is 4.98 Å². The summed E-state index contributed by atoms with van der Waals surface area (Å²) < 4.78 is 0. The van der Waals surface area contributed by atoms with Gasteiger partial charge in [0.05, 0.1) is 42.6 Å². The van der Waals surface area contributed by atoms with E-state index in [4.69, 9.17) is 42.7 Å². The minimum absolute atomic E-state index is 0. The van der Waals surface area contributed by atoms with Gasteiger partial charge < -0.3 is 94.0 Å². The average Bonchev–Trinajstić information content (AvgIpc) is 3.84. The molecular weight excluding hydrogens is 808 g/mol. The molecule has 4 amide bonds. The Kier molecular flexibility index (Phi) is 33.2. The minimum Gasteiger partial charge on any atom is -0.673 e. The summed E-state index contributed by atoms with van der Waals surface area (Å²) in [5.41, 5.74) is 23.9. The van der Waals surface area contributed by atoms with Crippen molar-refractivity contribution >= 4 is 47.5 Å². The zero-order valence-electron chi connectivity index (χ0n) is 32.4. The number of hydrogen-bond donors (Lipinski definition) is 9. The van der Waals surface area contributed by atoms with Gasteiger partial charge in [0.25, 0.3) is 11.9 Å². The van der Waals surface area contributed by atoms with Crippen LogP contribution in [0.2, 0.25) is 0 Å². The third-order valence-corrected chi connectivity index (χ3v) is 6.57. The molecule has 0 bridgehead atoms. The summed E-state index contributed by atoms with van der Waals surface area (Å²) in [5, 5.41) is 47.9. The number of hydrogen-bond acceptors (Lipinski definition) is 15. The van der Waals surface area contributed by atoms with E-state index >= 15 is 0 Å². The Morgan fingerprint density at radius 1 is 0.825 bits per heavy atom. The molecule has 0 aliphatic carbocycles. The molecule has 1 radical (unpaired) electrons. The second kappa shape index (κ2) is 33.8. The molecule has 0 aliphatic heterocycles. The molecule has 0 saturated heterocycles. The molecule has 13 N–H and O–H groups in total. The van der Waals surface area contributed by atoms with Gasteiger partial charge in [-0.15, -0.1) is 6.54 Å². The van der Waals surface area contributed by atoms with Crippen LogP contribution >= 0.6 is 0 Å². The van der Waals surface area contributed by atoms with Crippen molar-refractivity contribution < 1.29 is 77.3 Å². The predicted octanol–water partition coefficient (Wildman–Crippen LogP) is -4.68. The molecule has 4 unspecified atom stereocenters. The summed E-state index contributed by atoms with van der Waals surface area (Å²) in [6.45, 7) is 2.13. The monoisotopic (exact) mass is 859 g/mol. The molecule has 0 spiro atoms. The summed E-state index contributed by atoms with van der Waals surface area (Å²) >= 11 is 0. The molecule has 4 atom stereocenters. The Morgan fingerprint density at radius 2 is 1.33 bits per heavy atom. The first-order chi connectivity index (χ1) is 26.4. The Hall–Kier alpha value is -5.46. The van der Waals surface area contributed by atoms with Crippen LogP contribution < -0.4 is 48.3 Å². The maximum Gasteiger partial charge on any atom is 2.00 e. The van der Waals surface area contributed by atoms with Gasteiger partial charge in [-0.2, -0.15) is 0 Å². The zero-order chi connectivity index (χ0) is 43.1. The van der Waals surface area contributed by atoms with E-state index < -0.39 is 78.2 Å². The molecule has 2 aromatic heterocycles. The van der Waals surface area contributed by atoms with Crippen molar-refractivity contribution in [3.63, 3.8) is 0 Å². The number of nitrogens with two attached hydrogens (primary N) is 3. The van der Waals surface area contributed by atoms with Crippen LogP contribution in [0, 0.1) is 0 Å². The topological polar surface area (TPSA) is 431 Å². The summed E-state index contributed by atoms with van der Waals surface area (Å²) in [6, 6.07) is -4.50. The number of amides is 4. The van der Waals surface area contributed by atoms with Crippen molar-refractivity contribution in [3.8, 4) is 0 Å². The Morgan fingerprint density at radius 3 is 1.72 bits per heavy atom. The second-order valence-electron chi connectivity index (χ2n) is 11.4. The van der Waals surface area contributed by atoms with Crippen LogP contribution in [-0.4, -0.2) is 123 Å². The van der Waals surface area contributed by atoms with Crippen molar-refractivity contribution in [2.75, 3.05) is 26.2 Å². The fourth-order valence-electron chi connectivity index (χ4n) is 4.08. The van der Waals surface area contributed by atoms with Crippen LogP contribution in [0.15, 0.2) is 25.0 Å². The number of H-pyrrole nitrogens is 1. The van der Waals surface area contributed by atoms with Gasteiger partial charge in [0.2, 0.25) is 17.7 Å². The second-order valence-corrected chi connectivity index (χ2v) is 11.4. The summed E-state index contributed by atoms with van der Waals surface area (Å²) in [5.74, 6) is -7.15. The first-order valence-corrected chi connectivity index (χ1v) is 17.0. The molecule has 0 fully saturated rings. The van der Waals surface area contributed by atoms with E-state index in [1.807, 2.05) is 0 Å². The van der Waals surface area contributed by atoms with E-state index in [9.17, 15) is 39.0 Å². The van der Waals surface area contributed by atoms with Gasteiger partial charge in [-0.05, 0) is 70.5 Å². The smallest absolute Gasteiger partial charge is 0.673 e. The van der Waals surface area contributed by atoms with E-state index in [1.54, 1.807) is 6.20 Å². The molecule has 24 nitrogen and oxygen atoms in total. The fourth-order valence-corrected chi connectivity index (χ4v) is 4.08. The summed E-state index contributed by atoms with van der Waals surface area (Å²) in [4.78, 5) is 102. The predicted molar refractivity (Wildman–Crippen MR) is 193 cm³/mol. The number of aliphatic carboxylic acids is 4. The number of imidazole rings is 2. The number of rotatable bonds is 22. The number of unbranched alkanes of at least 4 members (excludes halogenated alkanes) is 2. The number of aromatic amines is 1. The normalized spacial score (nSPS) is 11.9. The van der Waals surface area contributed by atoms with Crippen LogP contribution in [0.4, 0.5) is 0 Å². The summed E-state index contributed by atoms with van der Waals surface area (Å²) in [6.07, 6.45) is 8.47. The first-order valence-electron chi connectivity index (χ1n) is 17.0. The number of aromatic nitrogens is 4. The van der Waals surface area contributed by atoms with Gasteiger partial charge in [-0.3, -0.25) is 24.0 Å². The van der Waals surface area contributed by atoms with Crippen LogP contribution in [0.3, 0.4) is 0 Å². The number of nitrogens with one attached hydrogen (secondary N) is 5. The van der Waals surface area contributed by atoms with Crippen molar-refractivity contribution in [1.29, 1.82) is 0 Å². The van der Waals surface area contributed by atoms with Crippen LogP contribution in [0.5, 0.6) is 0 Å². The molecular formula is C32H52CuN12O12-2. The van der Waals surface area contributed by atoms with Gasteiger partial charge in [0.1, 0.15) is 6.04 Å². The Labute approximate surface area is 340 Å². The van der Waals surface area contributed by atoms with Crippen LogP contribution in [0.25, 0.3) is 11.1 Å². The SMILES string of the molecule is CC(=O)O.CC(=O)O.NCCCCC(NC(=O)C(Cc1c[n-]cn1)NC(=O)CN)C(=O)[O-].[Cu+2].[H+].[NH-]CC(=O)[N-]C(Cc1c[nH]cn1)C(=O)NC(CCCCN)C(=O)[O-]. The fraction of sp³-hybridized carbons (Fsp3) is 0.562. The quantitative estimate of drug-likeness (QED) is 0.0397.